The molecule has 0 aliphatic heterocycles. The molecule has 0 bridgehead atoms. The fourth-order valence-corrected chi connectivity index (χ4v) is 1.47. The first kappa shape index (κ1) is 18.9. The van der Waals surface area contributed by atoms with Gasteiger partial charge in [-0.1, -0.05) is 0 Å². The molecule has 0 radical (unpaired) electrons. The number of aromatic nitrogens is 1. The summed E-state index contributed by atoms with van der Waals surface area (Å²) in [5, 5.41) is 4.82. The van der Waals surface area contributed by atoms with Gasteiger partial charge in [0.1, 0.15) is 5.56 Å². The molecule has 116 valence electrons. The van der Waals surface area contributed by atoms with Crippen LogP contribution in [-0.2, 0) is 11.3 Å². The average Bonchev–Trinajstić information content (AvgIpc) is 2.25. The number of nitrogens with zero attached hydrogens (tertiary/aromatic N) is 1. The Hall–Kier alpha value is -2.15. The summed E-state index contributed by atoms with van der Waals surface area (Å²) in [6.07, 6.45) is 3.05. The summed E-state index contributed by atoms with van der Waals surface area (Å²) < 4.78 is 1.47. The molecule has 1 rings (SSSR count). The van der Waals surface area contributed by atoms with E-state index in [0.717, 1.165) is 0 Å². The highest BCUT2D eigenvalue weighted by Gasteiger charge is 2.18. The largest absolute Gasteiger partial charge is 1.00 e. The molecule has 1 aromatic heterocycles. The van der Waals surface area contributed by atoms with Gasteiger partial charge in [0.2, 0.25) is 6.54 Å². The third-order valence-electron chi connectivity index (χ3n) is 2.21. The highest BCUT2D eigenvalue weighted by Crippen LogP contribution is 1.97. The quantitative estimate of drug-likeness (QED) is 0.509. The summed E-state index contributed by atoms with van der Waals surface area (Å²) >= 11 is 0. The summed E-state index contributed by atoms with van der Waals surface area (Å²) in [5.41, 5.74) is 5.01. The van der Waals surface area contributed by atoms with Gasteiger partial charge in [-0.25, -0.2) is 4.79 Å². The third-order valence-corrected chi connectivity index (χ3v) is 2.21. The van der Waals surface area contributed by atoms with Crippen molar-refractivity contribution in [3.63, 3.8) is 0 Å². The van der Waals surface area contributed by atoms with Crippen LogP contribution in [0.4, 0.5) is 4.79 Å². The number of halogens is 1. The molecule has 1 heterocycles. The van der Waals surface area contributed by atoms with Crippen LogP contribution in [0.3, 0.4) is 0 Å². The van der Waals surface area contributed by atoms with Gasteiger partial charge in [0.05, 0.1) is 0 Å². The molecule has 1 aromatic rings. The van der Waals surface area contributed by atoms with Crippen molar-refractivity contribution in [2.45, 2.75) is 32.9 Å². The molecule has 0 atom stereocenters. The Morgan fingerprint density at radius 2 is 1.90 bits per heavy atom. The maximum absolute atomic E-state index is 11.7. The fourth-order valence-electron chi connectivity index (χ4n) is 1.47. The van der Waals surface area contributed by atoms with E-state index >= 15 is 0 Å². The zero-order chi connectivity index (χ0) is 15.3. The smallest absolute Gasteiger partial charge is 0.322 e. The summed E-state index contributed by atoms with van der Waals surface area (Å²) in [6, 6.07) is 2.58. The van der Waals surface area contributed by atoms with Crippen LogP contribution < -0.4 is 33.3 Å². The number of pyridine rings is 1. The maximum atomic E-state index is 11.7. The number of rotatable bonds is 3. The van der Waals surface area contributed by atoms with Gasteiger partial charge in [-0.3, -0.25) is 14.9 Å². The first-order chi connectivity index (χ1) is 9.17. The topological polar surface area (TPSA) is 105 Å². The average molecular weight is 315 g/mol. The van der Waals surface area contributed by atoms with Gasteiger partial charge in [0.15, 0.2) is 12.4 Å². The second-order valence-electron chi connectivity index (χ2n) is 5.38. The Bertz CT molecular complexity index is 540. The summed E-state index contributed by atoms with van der Waals surface area (Å²) in [5.74, 6) is -1.07. The second kappa shape index (κ2) is 7.58. The van der Waals surface area contributed by atoms with Crippen molar-refractivity contribution in [2.75, 3.05) is 0 Å². The van der Waals surface area contributed by atoms with Crippen LogP contribution >= 0.6 is 0 Å². The van der Waals surface area contributed by atoms with Gasteiger partial charge < -0.3 is 23.5 Å². The van der Waals surface area contributed by atoms with Crippen LogP contribution in [0.15, 0.2) is 24.5 Å². The van der Waals surface area contributed by atoms with Gasteiger partial charge in [-0.2, -0.15) is 4.57 Å². The van der Waals surface area contributed by atoms with Crippen LogP contribution in [0.25, 0.3) is 0 Å². The summed E-state index contributed by atoms with van der Waals surface area (Å²) in [4.78, 5) is 34.2. The lowest BCUT2D eigenvalue weighted by Gasteiger charge is -2.19. The number of nitrogens with two attached hydrogens (primary N) is 1. The Labute approximate surface area is 129 Å². The van der Waals surface area contributed by atoms with Gasteiger partial charge in [-0.15, -0.1) is 0 Å². The lowest BCUT2D eigenvalue weighted by atomic mass is 10.1. The van der Waals surface area contributed by atoms with Gasteiger partial charge in [-0.05, 0) is 26.8 Å². The van der Waals surface area contributed by atoms with Crippen molar-refractivity contribution < 1.29 is 31.4 Å². The van der Waals surface area contributed by atoms with E-state index in [-0.39, 0.29) is 19.0 Å². The number of amides is 4. The molecule has 0 fully saturated rings. The van der Waals surface area contributed by atoms with E-state index in [4.69, 9.17) is 5.73 Å². The molecule has 0 saturated carbocycles. The lowest BCUT2D eigenvalue weighted by molar-refractivity contribution is -0.684. The summed E-state index contributed by atoms with van der Waals surface area (Å²) in [6.45, 7) is 5.34. The van der Waals surface area contributed by atoms with Crippen LogP contribution in [0, 0.1) is 0 Å². The Morgan fingerprint density at radius 1 is 1.29 bits per heavy atom. The molecule has 0 aromatic carbocycles. The van der Waals surface area contributed by atoms with E-state index in [9.17, 15) is 14.4 Å². The number of imide groups is 1. The van der Waals surface area contributed by atoms with Crippen molar-refractivity contribution in [3.05, 3.63) is 30.1 Å². The highest BCUT2D eigenvalue weighted by molar-refractivity contribution is 5.94. The van der Waals surface area contributed by atoms with E-state index in [2.05, 4.69) is 10.6 Å². The minimum atomic E-state index is -0.578. The summed E-state index contributed by atoms with van der Waals surface area (Å²) in [7, 11) is 0. The molecule has 0 aliphatic carbocycles. The number of carbonyl (C=O) groups is 3. The van der Waals surface area contributed by atoms with E-state index in [1.165, 1.54) is 10.8 Å². The van der Waals surface area contributed by atoms with E-state index in [0.29, 0.717) is 5.56 Å². The van der Waals surface area contributed by atoms with Crippen LogP contribution in [-0.4, -0.2) is 23.4 Å². The third kappa shape index (κ3) is 7.26. The zero-order valence-corrected chi connectivity index (χ0v) is 12.9. The molecule has 0 unspecified atom stereocenters. The molecular weight excluding hydrogens is 296 g/mol. The molecule has 4 N–H and O–H groups in total. The molecule has 7 nitrogen and oxygen atoms in total. The lowest BCUT2D eigenvalue weighted by Crippen LogP contribution is -3.00. The predicted molar refractivity (Wildman–Crippen MR) is 71.6 cm³/mol. The molecule has 0 aliphatic rings. The molecule has 4 amide bonds. The van der Waals surface area contributed by atoms with E-state index in [1.54, 1.807) is 18.3 Å². The van der Waals surface area contributed by atoms with Crippen molar-refractivity contribution >= 4 is 17.8 Å². The molecule has 21 heavy (non-hydrogen) atoms. The number of carbonyl (C=O) groups excluding carboxylic acids is 3. The van der Waals surface area contributed by atoms with Crippen LogP contribution in [0.2, 0.25) is 0 Å². The minimum Gasteiger partial charge on any atom is -1.00 e. The normalized spacial score (nSPS) is 10.2. The number of hydrogen-bond acceptors (Lipinski definition) is 3. The monoisotopic (exact) mass is 314 g/mol. The molecular formula is C13H19ClN4O3. The molecule has 0 saturated heterocycles. The maximum Gasteiger partial charge on any atom is 0.322 e. The first-order valence-corrected chi connectivity index (χ1v) is 6.08. The minimum absolute atomic E-state index is 0. The SMILES string of the molecule is CC(C)(C)NC(=O)NC(=O)C[n+]1cccc(C(N)=O)c1.[Cl-]. The Kier molecular flexibility index (Phi) is 6.81. The van der Waals surface area contributed by atoms with E-state index < -0.39 is 23.4 Å². The van der Waals surface area contributed by atoms with Crippen LogP contribution in [0.5, 0.6) is 0 Å². The number of urea groups is 1. The number of hydrogen-bond donors (Lipinski definition) is 3. The standard InChI is InChI=1S/C13H18N4O3.ClH/c1-13(2,3)16-12(20)15-10(18)8-17-6-4-5-9(7-17)11(14)19;/h4-7H,8H2,1-3H3,(H3-,14,15,16,18,19,20);1H. The molecule has 8 heteroatoms. The first-order valence-electron chi connectivity index (χ1n) is 6.08. The van der Waals surface area contributed by atoms with Crippen molar-refractivity contribution in [3.8, 4) is 0 Å². The van der Waals surface area contributed by atoms with Gasteiger partial charge in [0.25, 0.3) is 11.8 Å². The second-order valence-corrected chi connectivity index (χ2v) is 5.38. The fraction of sp³-hybridized carbons (Fsp3) is 0.385. The van der Waals surface area contributed by atoms with Crippen molar-refractivity contribution in [1.29, 1.82) is 0 Å². The van der Waals surface area contributed by atoms with Crippen molar-refractivity contribution in [2.24, 2.45) is 5.73 Å². The number of primary amides is 1. The number of nitrogens with one attached hydrogen (secondary N) is 2. The predicted octanol–water partition coefficient (Wildman–Crippen LogP) is -3.30. The van der Waals surface area contributed by atoms with Crippen LogP contribution in [0.1, 0.15) is 31.1 Å². The molecule has 0 spiro atoms. The van der Waals surface area contributed by atoms with Crippen molar-refractivity contribution in [1.82, 2.24) is 10.6 Å². The Morgan fingerprint density at radius 3 is 2.43 bits per heavy atom. The van der Waals surface area contributed by atoms with E-state index in [1.807, 2.05) is 20.8 Å². The van der Waals surface area contributed by atoms with Gasteiger partial charge in [0, 0.05) is 11.6 Å². The Balaban J connectivity index is 0.00000400. The van der Waals surface area contributed by atoms with Gasteiger partial charge >= 0.3 is 6.03 Å². The highest BCUT2D eigenvalue weighted by atomic mass is 35.5. The zero-order valence-electron chi connectivity index (χ0n) is 12.1.